The monoisotopic (exact) mass is 541 g/mol. The molecule has 3 rings (SSSR count). The third-order valence-corrected chi connectivity index (χ3v) is 8.18. The molecule has 0 saturated carbocycles. The molecule has 0 aliphatic rings. The smallest absolute Gasteiger partial charge is 0.264 e. The van der Waals surface area contributed by atoms with Crippen LogP contribution in [0, 0.1) is 6.92 Å². The van der Waals surface area contributed by atoms with Gasteiger partial charge in [0.15, 0.2) is 0 Å². The molecule has 3 aromatic rings. The lowest BCUT2D eigenvalue weighted by Crippen LogP contribution is -2.52. The maximum absolute atomic E-state index is 13.8. The number of carbonyl (C=O) groups excluding carboxylic acids is 2. The summed E-state index contributed by atoms with van der Waals surface area (Å²) in [6, 6.07) is 21.7. The maximum atomic E-state index is 13.8. The molecule has 0 aliphatic carbocycles. The molecule has 7 nitrogen and oxygen atoms in total. The molecule has 1 atom stereocenters. The molecule has 37 heavy (non-hydrogen) atoms. The van der Waals surface area contributed by atoms with Crippen molar-refractivity contribution in [3.05, 3.63) is 95.0 Å². The van der Waals surface area contributed by atoms with Crippen LogP contribution >= 0.6 is 11.6 Å². The highest BCUT2D eigenvalue weighted by atomic mass is 35.5. The lowest BCUT2D eigenvalue weighted by molar-refractivity contribution is -0.139. The highest BCUT2D eigenvalue weighted by Gasteiger charge is 2.33. The number of likely N-dealkylation sites (N-methyl/N-ethyl adjacent to an activating group) is 1. The van der Waals surface area contributed by atoms with Crippen molar-refractivity contribution in [3.8, 4) is 0 Å². The zero-order valence-corrected chi connectivity index (χ0v) is 22.8. The minimum Gasteiger partial charge on any atom is -0.357 e. The van der Waals surface area contributed by atoms with Gasteiger partial charge in [0.2, 0.25) is 11.8 Å². The topological polar surface area (TPSA) is 86.8 Å². The van der Waals surface area contributed by atoms with E-state index in [-0.39, 0.29) is 17.3 Å². The van der Waals surface area contributed by atoms with E-state index in [9.17, 15) is 18.0 Å². The summed E-state index contributed by atoms with van der Waals surface area (Å²) in [5.74, 6) is -0.787. The Morgan fingerprint density at radius 2 is 1.59 bits per heavy atom. The van der Waals surface area contributed by atoms with E-state index in [4.69, 9.17) is 11.6 Å². The van der Waals surface area contributed by atoms with Gasteiger partial charge in [-0.1, -0.05) is 73.1 Å². The number of amides is 2. The molecule has 2 amide bonds. The third-order valence-electron chi connectivity index (χ3n) is 6.17. The van der Waals surface area contributed by atoms with Crippen molar-refractivity contribution in [1.29, 1.82) is 0 Å². The van der Waals surface area contributed by atoms with Gasteiger partial charge in [-0.3, -0.25) is 13.9 Å². The first-order valence-electron chi connectivity index (χ1n) is 12.1. The van der Waals surface area contributed by atoms with Gasteiger partial charge in [-0.05, 0) is 55.2 Å². The van der Waals surface area contributed by atoms with E-state index in [1.807, 2.05) is 37.3 Å². The van der Waals surface area contributed by atoms with Crippen LogP contribution in [0.1, 0.15) is 24.5 Å². The largest absolute Gasteiger partial charge is 0.357 e. The second kappa shape index (κ2) is 12.7. The molecule has 0 bridgehead atoms. The maximum Gasteiger partial charge on any atom is 0.264 e. The second-order valence-electron chi connectivity index (χ2n) is 8.62. The van der Waals surface area contributed by atoms with Crippen molar-refractivity contribution in [2.24, 2.45) is 0 Å². The zero-order chi connectivity index (χ0) is 27.0. The minimum absolute atomic E-state index is 0.0522. The Hall–Kier alpha value is -3.36. The number of sulfonamides is 1. The van der Waals surface area contributed by atoms with E-state index >= 15 is 0 Å². The summed E-state index contributed by atoms with van der Waals surface area (Å²) in [5.41, 5.74) is 1.96. The number of anilines is 1. The molecule has 0 aromatic heterocycles. The summed E-state index contributed by atoms with van der Waals surface area (Å²) >= 11 is 6.24. The molecule has 9 heteroatoms. The van der Waals surface area contributed by atoms with E-state index < -0.39 is 28.5 Å². The van der Waals surface area contributed by atoms with Crippen LogP contribution in [-0.4, -0.2) is 51.3 Å². The Morgan fingerprint density at radius 3 is 2.19 bits per heavy atom. The molecule has 0 radical (unpaired) electrons. The van der Waals surface area contributed by atoms with Crippen molar-refractivity contribution in [2.45, 2.75) is 37.6 Å². The number of aryl methyl sites for hydroxylation is 1. The van der Waals surface area contributed by atoms with Gasteiger partial charge in [-0.25, -0.2) is 8.42 Å². The van der Waals surface area contributed by atoms with Crippen LogP contribution in [0.4, 0.5) is 5.69 Å². The lowest BCUT2D eigenvalue weighted by Gasteiger charge is -2.33. The second-order valence-corrected chi connectivity index (χ2v) is 10.9. The van der Waals surface area contributed by atoms with Crippen LogP contribution in [0.3, 0.4) is 0 Å². The number of benzene rings is 3. The van der Waals surface area contributed by atoms with Crippen molar-refractivity contribution >= 4 is 39.1 Å². The first kappa shape index (κ1) is 28.2. The molecular formula is C28H32ClN3O4S. The highest BCUT2D eigenvalue weighted by molar-refractivity contribution is 7.92. The predicted octanol–water partition coefficient (Wildman–Crippen LogP) is 4.44. The highest BCUT2D eigenvalue weighted by Crippen LogP contribution is 2.30. The molecule has 0 aliphatic heterocycles. The number of halogens is 1. The van der Waals surface area contributed by atoms with Crippen molar-refractivity contribution in [2.75, 3.05) is 24.4 Å². The van der Waals surface area contributed by atoms with E-state index in [1.54, 1.807) is 37.3 Å². The fraction of sp³-hybridized carbons (Fsp3) is 0.286. The molecule has 0 unspecified atom stereocenters. The lowest BCUT2D eigenvalue weighted by atomic mass is 10.1. The molecule has 0 spiro atoms. The number of nitrogens with one attached hydrogen (secondary N) is 1. The van der Waals surface area contributed by atoms with Gasteiger partial charge in [-0.15, -0.1) is 0 Å². The molecular weight excluding hydrogens is 510 g/mol. The van der Waals surface area contributed by atoms with Gasteiger partial charge in [0.05, 0.1) is 10.6 Å². The Kier molecular flexibility index (Phi) is 9.72. The van der Waals surface area contributed by atoms with Crippen molar-refractivity contribution in [1.82, 2.24) is 10.2 Å². The average molecular weight is 542 g/mol. The quantitative estimate of drug-likeness (QED) is 0.389. The summed E-state index contributed by atoms with van der Waals surface area (Å²) in [6.45, 7) is 3.35. The Morgan fingerprint density at radius 1 is 0.973 bits per heavy atom. The zero-order valence-electron chi connectivity index (χ0n) is 21.2. The van der Waals surface area contributed by atoms with Crippen LogP contribution in [0.25, 0.3) is 0 Å². The third kappa shape index (κ3) is 6.90. The number of carbonyl (C=O) groups is 2. The standard InChI is InChI=1S/C28H32ClN3O4S/c1-4-25(28(34)30-3)31(18-17-22-11-7-5-8-12-22)27(33)20-32(26-19-23(29)16-15-21(26)2)37(35,36)24-13-9-6-10-14-24/h5-16,19,25H,4,17-18,20H2,1-3H3,(H,30,34)/t25-/m0/s1. The van der Waals surface area contributed by atoms with Crippen molar-refractivity contribution < 1.29 is 18.0 Å². The predicted molar refractivity (Wildman–Crippen MR) is 147 cm³/mol. The number of nitrogens with zero attached hydrogens (tertiary/aromatic N) is 2. The first-order chi connectivity index (χ1) is 17.7. The molecule has 0 saturated heterocycles. The normalized spacial score (nSPS) is 12.0. The van der Waals surface area contributed by atoms with E-state index in [0.29, 0.717) is 29.1 Å². The SMILES string of the molecule is CC[C@@H](C(=O)NC)N(CCc1ccccc1)C(=O)CN(c1cc(Cl)ccc1C)S(=O)(=O)c1ccccc1. The Balaban J connectivity index is 2.03. The molecule has 0 heterocycles. The summed E-state index contributed by atoms with van der Waals surface area (Å²) in [5, 5.41) is 2.97. The van der Waals surface area contributed by atoms with E-state index in [2.05, 4.69) is 5.32 Å². The van der Waals surface area contributed by atoms with Crippen LogP contribution in [-0.2, 0) is 26.0 Å². The molecule has 196 valence electrons. The van der Waals surface area contributed by atoms with Gasteiger partial charge < -0.3 is 10.2 Å². The van der Waals surface area contributed by atoms with Crippen LogP contribution in [0.15, 0.2) is 83.8 Å². The number of rotatable bonds is 11. The number of hydrogen-bond donors (Lipinski definition) is 1. The van der Waals surface area contributed by atoms with Gasteiger partial charge in [0, 0.05) is 18.6 Å². The summed E-state index contributed by atoms with van der Waals surface area (Å²) in [6.07, 6.45) is 0.892. The minimum atomic E-state index is -4.12. The Bertz CT molecular complexity index is 1320. The summed E-state index contributed by atoms with van der Waals surface area (Å²) in [4.78, 5) is 28.1. The van der Waals surface area contributed by atoms with Gasteiger partial charge in [-0.2, -0.15) is 0 Å². The fourth-order valence-corrected chi connectivity index (χ4v) is 5.80. The van der Waals surface area contributed by atoms with Crippen molar-refractivity contribution in [3.63, 3.8) is 0 Å². The summed E-state index contributed by atoms with van der Waals surface area (Å²) in [7, 11) is -2.60. The fourth-order valence-electron chi connectivity index (χ4n) is 4.15. The van der Waals surface area contributed by atoms with Gasteiger partial charge >= 0.3 is 0 Å². The Labute approximate surface area is 224 Å². The van der Waals surface area contributed by atoms with Crippen LogP contribution in [0.2, 0.25) is 5.02 Å². The summed E-state index contributed by atoms with van der Waals surface area (Å²) < 4.78 is 28.7. The first-order valence-corrected chi connectivity index (χ1v) is 13.9. The average Bonchev–Trinajstić information content (AvgIpc) is 2.91. The van der Waals surface area contributed by atoms with Crippen LogP contribution in [0.5, 0.6) is 0 Å². The van der Waals surface area contributed by atoms with Gasteiger partial charge in [0.1, 0.15) is 12.6 Å². The number of hydrogen-bond acceptors (Lipinski definition) is 4. The molecule has 0 fully saturated rings. The van der Waals surface area contributed by atoms with E-state index in [1.165, 1.54) is 30.1 Å². The molecule has 1 N–H and O–H groups in total. The van der Waals surface area contributed by atoms with Gasteiger partial charge in [0.25, 0.3) is 10.0 Å². The van der Waals surface area contributed by atoms with E-state index in [0.717, 1.165) is 9.87 Å². The van der Waals surface area contributed by atoms with Crippen LogP contribution < -0.4 is 9.62 Å². The molecule has 3 aromatic carbocycles.